The molecule has 0 aliphatic heterocycles. The van der Waals surface area contributed by atoms with Gasteiger partial charge in [0.15, 0.2) is 6.10 Å². The van der Waals surface area contributed by atoms with Gasteiger partial charge in [-0.1, -0.05) is 196 Å². The largest absolute Gasteiger partial charge is 0.462 e. The molecule has 0 saturated heterocycles. The summed E-state index contributed by atoms with van der Waals surface area (Å²) in [7, 11) is 0. The van der Waals surface area contributed by atoms with Crippen molar-refractivity contribution in [2.24, 2.45) is 0 Å². The number of hydrogen-bond acceptors (Lipinski definition) is 6. The van der Waals surface area contributed by atoms with Gasteiger partial charge in [0.2, 0.25) is 0 Å². The van der Waals surface area contributed by atoms with Gasteiger partial charge in [-0.3, -0.25) is 14.4 Å². The van der Waals surface area contributed by atoms with Crippen LogP contribution >= 0.6 is 0 Å². The highest BCUT2D eigenvalue weighted by Crippen LogP contribution is 2.13. The van der Waals surface area contributed by atoms with E-state index < -0.39 is 6.10 Å². The Bertz CT molecular complexity index is 1240. The lowest BCUT2D eigenvalue weighted by Gasteiger charge is -2.18. The molecule has 0 unspecified atom stereocenters. The second kappa shape index (κ2) is 51.2. The molecule has 0 amide bonds. The van der Waals surface area contributed by atoms with E-state index in [-0.39, 0.29) is 37.5 Å². The minimum Gasteiger partial charge on any atom is -0.462 e. The number of rotatable bonds is 46. The molecule has 360 valence electrons. The minimum atomic E-state index is -0.806. The van der Waals surface area contributed by atoms with E-state index in [2.05, 4.69) is 106 Å². The Labute approximate surface area is 388 Å². The maximum atomic E-state index is 12.8. The summed E-state index contributed by atoms with van der Waals surface area (Å²) in [6.07, 6.45) is 65.7. The predicted molar refractivity (Wildman–Crippen MR) is 270 cm³/mol. The second-order valence-corrected chi connectivity index (χ2v) is 17.0. The van der Waals surface area contributed by atoms with Crippen LogP contribution in [0.25, 0.3) is 0 Å². The van der Waals surface area contributed by atoms with Crippen molar-refractivity contribution in [3.63, 3.8) is 0 Å². The van der Waals surface area contributed by atoms with Gasteiger partial charge in [-0.25, -0.2) is 0 Å². The molecule has 0 spiro atoms. The van der Waals surface area contributed by atoms with Gasteiger partial charge in [0.05, 0.1) is 0 Å². The lowest BCUT2D eigenvalue weighted by atomic mass is 10.1. The number of carbonyl (C=O) groups is 3. The van der Waals surface area contributed by atoms with Crippen LogP contribution in [0.4, 0.5) is 0 Å². The van der Waals surface area contributed by atoms with Crippen LogP contribution in [0.2, 0.25) is 0 Å². The molecule has 0 aromatic carbocycles. The van der Waals surface area contributed by atoms with Crippen molar-refractivity contribution in [1.82, 2.24) is 0 Å². The summed E-state index contributed by atoms with van der Waals surface area (Å²) >= 11 is 0. The fraction of sp³-hybridized carbons (Fsp3) is 0.702. The molecule has 63 heavy (non-hydrogen) atoms. The first-order valence-electron chi connectivity index (χ1n) is 26.1. The normalized spacial score (nSPS) is 12.7. The number of carbonyl (C=O) groups excluding carboxylic acids is 3. The number of hydrogen-bond donors (Lipinski definition) is 0. The lowest BCUT2D eigenvalue weighted by Crippen LogP contribution is -2.30. The van der Waals surface area contributed by atoms with Gasteiger partial charge in [0.25, 0.3) is 0 Å². The molecule has 6 nitrogen and oxygen atoms in total. The third-order valence-electron chi connectivity index (χ3n) is 10.9. The first-order valence-corrected chi connectivity index (χ1v) is 26.1. The van der Waals surface area contributed by atoms with E-state index in [4.69, 9.17) is 14.2 Å². The molecule has 0 heterocycles. The first kappa shape index (κ1) is 59.6. The predicted octanol–water partition coefficient (Wildman–Crippen LogP) is 17.2. The molecule has 0 fully saturated rings. The van der Waals surface area contributed by atoms with E-state index >= 15 is 0 Å². The van der Waals surface area contributed by atoms with Gasteiger partial charge in [-0.15, -0.1) is 0 Å². The fourth-order valence-electron chi connectivity index (χ4n) is 6.94. The maximum Gasteiger partial charge on any atom is 0.306 e. The lowest BCUT2D eigenvalue weighted by molar-refractivity contribution is -0.167. The Kier molecular flexibility index (Phi) is 48.5. The van der Waals surface area contributed by atoms with Gasteiger partial charge < -0.3 is 14.2 Å². The Morgan fingerprint density at radius 2 is 0.635 bits per heavy atom. The van der Waals surface area contributed by atoms with E-state index in [0.29, 0.717) is 19.3 Å². The average Bonchev–Trinajstić information content (AvgIpc) is 3.28. The Morgan fingerprint density at radius 3 is 1.06 bits per heavy atom. The summed E-state index contributed by atoms with van der Waals surface area (Å²) in [4.78, 5) is 38.0. The van der Waals surface area contributed by atoms with E-state index in [1.54, 1.807) is 0 Å². The van der Waals surface area contributed by atoms with Crippen molar-refractivity contribution in [3.05, 3.63) is 85.1 Å². The van der Waals surface area contributed by atoms with Crippen LogP contribution in [0.15, 0.2) is 85.1 Å². The molecular formula is C57H96O6. The molecule has 0 radical (unpaired) electrons. The monoisotopic (exact) mass is 877 g/mol. The van der Waals surface area contributed by atoms with Crippen molar-refractivity contribution in [2.75, 3.05) is 13.2 Å². The zero-order chi connectivity index (χ0) is 45.8. The van der Waals surface area contributed by atoms with Gasteiger partial charge >= 0.3 is 17.9 Å². The van der Waals surface area contributed by atoms with Crippen LogP contribution in [0.3, 0.4) is 0 Å². The van der Waals surface area contributed by atoms with E-state index in [1.807, 2.05) is 0 Å². The summed E-state index contributed by atoms with van der Waals surface area (Å²) < 4.78 is 16.7. The molecule has 0 aromatic heterocycles. The van der Waals surface area contributed by atoms with E-state index in [9.17, 15) is 14.4 Å². The van der Waals surface area contributed by atoms with Crippen LogP contribution in [0.5, 0.6) is 0 Å². The molecule has 6 heteroatoms. The third-order valence-corrected chi connectivity index (χ3v) is 10.9. The number of esters is 3. The SMILES string of the molecule is CC/C=C\C/C=C\C/C=C\C/C=C\C/C=C\CCCC(=O)OC[C@H](COC(=O)CCCCCCC/C=C\CCCCCCCC)OC(=O)CCCCCCC/C=C\CCCCCC. The quantitative estimate of drug-likeness (QED) is 0.0262. The summed E-state index contributed by atoms with van der Waals surface area (Å²) in [5.41, 5.74) is 0. The van der Waals surface area contributed by atoms with E-state index in [1.165, 1.54) is 96.3 Å². The maximum absolute atomic E-state index is 12.8. The summed E-state index contributed by atoms with van der Waals surface area (Å²) in [6.45, 7) is 6.44. The number of allylic oxidation sites excluding steroid dienone is 14. The summed E-state index contributed by atoms with van der Waals surface area (Å²) in [5.74, 6) is -0.980. The van der Waals surface area contributed by atoms with Crippen LogP contribution in [0.1, 0.15) is 239 Å². The molecular weight excluding hydrogens is 781 g/mol. The molecule has 0 aromatic rings. The molecule has 0 rings (SSSR count). The average molecular weight is 877 g/mol. The zero-order valence-electron chi connectivity index (χ0n) is 41.1. The van der Waals surface area contributed by atoms with Gasteiger partial charge in [0.1, 0.15) is 13.2 Å². The fourth-order valence-corrected chi connectivity index (χ4v) is 6.94. The molecule has 0 saturated carbocycles. The van der Waals surface area contributed by atoms with Crippen molar-refractivity contribution in [2.45, 2.75) is 245 Å². The van der Waals surface area contributed by atoms with Crippen LogP contribution in [-0.4, -0.2) is 37.2 Å². The van der Waals surface area contributed by atoms with Gasteiger partial charge in [-0.05, 0) is 109 Å². The van der Waals surface area contributed by atoms with Crippen LogP contribution in [-0.2, 0) is 28.6 Å². The van der Waals surface area contributed by atoms with Crippen molar-refractivity contribution < 1.29 is 28.6 Å². The second-order valence-electron chi connectivity index (χ2n) is 17.0. The Hall–Kier alpha value is -3.41. The summed E-state index contributed by atoms with van der Waals surface area (Å²) in [6, 6.07) is 0. The molecule has 0 aliphatic carbocycles. The summed E-state index contributed by atoms with van der Waals surface area (Å²) in [5, 5.41) is 0. The van der Waals surface area contributed by atoms with E-state index in [0.717, 1.165) is 96.3 Å². The molecule has 0 bridgehead atoms. The molecule has 1 atom stereocenters. The number of ether oxygens (including phenoxy) is 3. The van der Waals surface area contributed by atoms with Crippen molar-refractivity contribution in [3.8, 4) is 0 Å². The Balaban J connectivity index is 4.49. The highest BCUT2D eigenvalue weighted by molar-refractivity contribution is 5.71. The highest BCUT2D eigenvalue weighted by atomic mass is 16.6. The molecule has 0 aliphatic rings. The van der Waals surface area contributed by atoms with Gasteiger partial charge in [0, 0.05) is 19.3 Å². The van der Waals surface area contributed by atoms with Crippen LogP contribution in [0, 0.1) is 0 Å². The smallest absolute Gasteiger partial charge is 0.306 e. The first-order chi connectivity index (χ1) is 31.0. The third kappa shape index (κ3) is 49.5. The minimum absolute atomic E-state index is 0.102. The topological polar surface area (TPSA) is 78.9 Å². The van der Waals surface area contributed by atoms with Gasteiger partial charge in [-0.2, -0.15) is 0 Å². The van der Waals surface area contributed by atoms with Crippen molar-refractivity contribution in [1.29, 1.82) is 0 Å². The van der Waals surface area contributed by atoms with Crippen LogP contribution < -0.4 is 0 Å². The number of unbranched alkanes of at least 4 members (excludes halogenated alkanes) is 21. The highest BCUT2D eigenvalue weighted by Gasteiger charge is 2.19. The van der Waals surface area contributed by atoms with Crippen molar-refractivity contribution >= 4 is 17.9 Å². The standard InChI is InChI=1S/C57H96O6/c1-4-7-10-13-16-19-22-25-27-28-30-33-35-38-41-44-47-50-56(59)62-53-54(63-57(60)51-48-45-42-39-36-31-24-21-18-15-12-9-6-3)52-61-55(58)49-46-43-40-37-34-32-29-26-23-20-17-14-11-8-5-2/h7,10,16,19,21,24-27,29-30,33,38,41,54H,4-6,8-9,11-15,17-18,20,22-23,28,31-32,34-37,39-40,42-53H2,1-3H3/b10-7-,19-16-,24-21-,27-25-,29-26-,33-30-,41-38-/t54-/m0/s1. The Morgan fingerprint density at radius 1 is 0.333 bits per heavy atom. The molecule has 0 N–H and O–H groups in total. The zero-order valence-corrected chi connectivity index (χ0v) is 41.1.